The van der Waals surface area contributed by atoms with Crippen LogP contribution in [0.4, 0.5) is 10.2 Å². The summed E-state index contributed by atoms with van der Waals surface area (Å²) >= 11 is 0. The molecule has 0 bridgehead atoms. The molecule has 1 aliphatic heterocycles. The van der Waals surface area contributed by atoms with Crippen LogP contribution in [0.3, 0.4) is 0 Å². The Morgan fingerprint density at radius 3 is 2.84 bits per heavy atom. The number of anilines is 1. The van der Waals surface area contributed by atoms with Gasteiger partial charge in [0.2, 0.25) is 0 Å². The zero-order valence-corrected chi connectivity index (χ0v) is 13.8. The molecule has 8 nitrogen and oxygen atoms in total. The first kappa shape index (κ1) is 15.4. The average molecular weight is 341 g/mol. The normalized spacial score (nSPS) is 14.6. The van der Waals surface area contributed by atoms with Crippen molar-refractivity contribution in [2.24, 2.45) is 0 Å². The molecule has 0 radical (unpaired) electrons. The minimum absolute atomic E-state index is 0.000397. The fraction of sp³-hybridized carbons (Fsp3) is 0.312. The number of fused-ring (bicyclic) bond motifs is 1. The van der Waals surface area contributed by atoms with Gasteiger partial charge >= 0.3 is 0 Å². The predicted molar refractivity (Wildman–Crippen MR) is 87.8 cm³/mol. The molecule has 3 aromatic heterocycles. The number of amides is 1. The average Bonchev–Trinajstić information content (AvgIpc) is 2.94. The number of aryl methyl sites for hydroxylation is 1. The van der Waals surface area contributed by atoms with E-state index in [-0.39, 0.29) is 17.5 Å². The molecule has 0 N–H and O–H groups in total. The number of carbonyl (C=O) groups excluding carboxylic acids is 1. The molecule has 0 aromatic carbocycles. The first-order chi connectivity index (χ1) is 12.0. The maximum absolute atomic E-state index is 13.7. The molecule has 1 saturated heterocycles. The highest BCUT2D eigenvalue weighted by Gasteiger charge is 2.34. The van der Waals surface area contributed by atoms with Crippen molar-refractivity contribution in [2.75, 3.05) is 25.0 Å². The lowest BCUT2D eigenvalue weighted by Crippen LogP contribution is -2.60. The van der Waals surface area contributed by atoms with Crippen molar-refractivity contribution >= 4 is 17.4 Å². The first-order valence-corrected chi connectivity index (χ1v) is 7.85. The van der Waals surface area contributed by atoms with Gasteiger partial charge in [0.25, 0.3) is 5.91 Å². The highest BCUT2D eigenvalue weighted by molar-refractivity contribution is 5.94. The molecule has 1 aliphatic rings. The van der Waals surface area contributed by atoms with Gasteiger partial charge < -0.3 is 9.80 Å². The van der Waals surface area contributed by atoms with Crippen LogP contribution in [-0.4, -0.2) is 61.8 Å². The summed E-state index contributed by atoms with van der Waals surface area (Å²) in [4.78, 5) is 19.7. The quantitative estimate of drug-likeness (QED) is 0.705. The van der Waals surface area contributed by atoms with Gasteiger partial charge in [0.15, 0.2) is 17.3 Å². The van der Waals surface area contributed by atoms with Crippen molar-refractivity contribution in [3.05, 3.63) is 47.8 Å². The summed E-state index contributed by atoms with van der Waals surface area (Å²) in [6.45, 7) is 3.11. The molecule has 9 heteroatoms. The van der Waals surface area contributed by atoms with Crippen molar-refractivity contribution < 1.29 is 9.18 Å². The second kappa shape index (κ2) is 5.76. The van der Waals surface area contributed by atoms with Gasteiger partial charge in [-0.15, -0.1) is 15.3 Å². The molecule has 0 atom stereocenters. The zero-order valence-electron chi connectivity index (χ0n) is 13.8. The van der Waals surface area contributed by atoms with Crippen LogP contribution in [0.25, 0.3) is 5.65 Å². The molecule has 0 unspecified atom stereocenters. The Morgan fingerprint density at radius 1 is 1.28 bits per heavy atom. The third kappa shape index (κ3) is 2.57. The lowest BCUT2D eigenvalue weighted by Gasteiger charge is -2.44. The number of hydrogen-bond acceptors (Lipinski definition) is 6. The number of pyridine rings is 1. The zero-order chi connectivity index (χ0) is 17.6. The molecule has 0 spiro atoms. The van der Waals surface area contributed by atoms with Gasteiger partial charge in [0, 0.05) is 26.3 Å². The minimum Gasteiger partial charge on any atom is -0.351 e. The second-order valence-electron chi connectivity index (χ2n) is 6.04. The van der Waals surface area contributed by atoms with Crippen LogP contribution in [0.1, 0.15) is 16.2 Å². The van der Waals surface area contributed by atoms with E-state index in [0.717, 1.165) is 17.8 Å². The third-order valence-electron chi connectivity index (χ3n) is 4.46. The third-order valence-corrected chi connectivity index (χ3v) is 4.46. The standard InChI is InChI=1S/C16H16FN7O/c1-10-19-20-14-3-4-15(21-24(10)14)23-8-11(9-23)22(2)16(25)12-5-6-18-7-13(12)17/h3-7,11H,8-9H2,1-2H3. The van der Waals surface area contributed by atoms with Crippen molar-refractivity contribution in [1.82, 2.24) is 29.7 Å². The number of rotatable bonds is 3. The maximum atomic E-state index is 13.7. The lowest BCUT2D eigenvalue weighted by molar-refractivity contribution is 0.0700. The topological polar surface area (TPSA) is 79.5 Å². The van der Waals surface area contributed by atoms with E-state index in [1.807, 2.05) is 19.1 Å². The van der Waals surface area contributed by atoms with Crippen LogP contribution in [0, 0.1) is 12.7 Å². The van der Waals surface area contributed by atoms with E-state index in [1.165, 1.54) is 12.3 Å². The van der Waals surface area contributed by atoms with Gasteiger partial charge in [-0.3, -0.25) is 9.78 Å². The Bertz CT molecular complexity index is 951. The Hall–Kier alpha value is -3.10. The van der Waals surface area contributed by atoms with Crippen LogP contribution in [0.2, 0.25) is 0 Å². The Labute approximate surface area is 142 Å². The minimum atomic E-state index is -0.606. The Balaban J connectivity index is 1.46. The van der Waals surface area contributed by atoms with Crippen molar-refractivity contribution in [2.45, 2.75) is 13.0 Å². The fourth-order valence-electron chi connectivity index (χ4n) is 2.85. The molecule has 1 amide bonds. The summed E-state index contributed by atoms with van der Waals surface area (Å²) in [7, 11) is 1.69. The van der Waals surface area contributed by atoms with E-state index in [9.17, 15) is 9.18 Å². The van der Waals surface area contributed by atoms with Crippen molar-refractivity contribution in [3.63, 3.8) is 0 Å². The number of nitrogens with zero attached hydrogens (tertiary/aromatic N) is 7. The van der Waals surface area contributed by atoms with Gasteiger partial charge in [-0.1, -0.05) is 0 Å². The van der Waals surface area contributed by atoms with Gasteiger partial charge in [0.1, 0.15) is 5.82 Å². The van der Waals surface area contributed by atoms with Gasteiger partial charge in [0.05, 0.1) is 17.8 Å². The molecule has 3 aromatic rings. The number of aromatic nitrogens is 5. The van der Waals surface area contributed by atoms with E-state index in [0.29, 0.717) is 18.7 Å². The number of hydrogen-bond donors (Lipinski definition) is 0. The summed E-state index contributed by atoms with van der Waals surface area (Å²) in [5.41, 5.74) is 0.731. The number of carbonyl (C=O) groups is 1. The summed E-state index contributed by atoms with van der Waals surface area (Å²) in [6, 6.07) is 5.13. The number of halogens is 1. The smallest absolute Gasteiger partial charge is 0.257 e. The van der Waals surface area contributed by atoms with Gasteiger partial charge in [-0.25, -0.2) is 4.39 Å². The van der Waals surface area contributed by atoms with Crippen molar-refractivity contribution in [1.29, 1.82) is 0 Å². The van der Waals surface area contributed by atoms with E-state index in [2.05, 4.69) is 25.2 Å². The fourth-order valence-corrected chi connectivity index (χ4v) is 2.85. The summed E-state index contributed by atoms with van der Waals surface area (Å²) in [6.07, 6.45) is 2.46. The Kier molecular flexibility index (Phi) is 3.56. The summed E-state index contributed by atoms with van der Waals surface area (Å²) in [5, 5.41) is 12.5. The summed E-state index contributed by atoms with van der Waals surface area (Å²) < 4.78 is 15.4. The maximum Gasteiger partial charge on any atom is 0.257 e. The molecular formula is C16H16FN7O. The van der Waals surface area contributed by atoms with Crippen molar-refractivity contribution in [3.8, 4) is 0 Å². The van der Waals surface area contributed by atoms with Crippen LogP contribution in [0.5, 0.6) is 0 Å². The van der Waals surface area contributed by atoms with E-state index >= 15 is 0 Å². The Morgan fingerprint density at radius 2 is 2.08 bits per heavy atom. The second-order valence-corrected chi connectivity index (χ2v) is 6.04. The molecule has 25 heavy (non-hydrogen) atoms. The molecule has 128 valence electrons. The SMILES string of the molecule is Cc1nnc2ccc(N3CC(N(C)C(=O)c4ccncc4F)C3)nn12. The highest BCUT2D eigenvalue weighted by Crippen LogP contribution is 2.23. The van der Waals surface area contributed by atoms with Crippen LogP contribution in [0.15, 0.2) is 30.6 Å². The predicted octanol–water partition coefficient (Wildman–Crippen LogP) is 0.928. The van der Waals surface area contributed by atoms with Crippen LogP contribution in [-0.2, 0) is 0 Å². The monoisotopic (exact) mass is 341 g/mol. The van der Waals surface area contributed by atoms with Crippen LogP contribution >= 0.6 is 0 Å². The lowest BCUT2D eigenvalue weighted by atomic mass is 10.1. The molecule has 1 fully saturated rings. The van der Waals surface area contributed by atoms with E-state index in [4.69, 9.17) is 0 Å². The van der Waals surface area contributed by atoms with E-state index < -0.39 is 5.82 Å². The van der Waals surface area contributed by atoms with Gasteiger partial charge in [-0.05, 0) is 25.1 Å². The largest absolute Gasteiger partial charge is 0.351 e. The molecule has 0 aliphatic carbocycles. The molecule has 4 heterocycles. The molecule has 0 saturated carbocycles. The summed E-state index contributed by atoms with van der Waals surface area (Å²) in [5.74, 6) is 0.560. The van der Waals surface area contributed by atoms with Gasteiger partial charge in [-0.2, -0.15) is 4.52 Å². The molecular weight excluding hydrogens is 325 g/mol. The van der Waals surface area contributed by atoms with Crippen LogP contribution < -0.4 is 4.90 Å². The number of likely N-dealkylation sites (N-methyl/N-ethyl adjacent to an activating group) is 1. The van der Waals surface area contributed by atoms with E-state index in [1.54, 1.807) is 16.5 Å². The molecule has 4 rings (SSSR count). The highest BCUT2D eigenvalue weighted by atomic mass is 19.1. The first-order valence-electron chi connectivity index (χ1n) is 7.85.